The van der Waals surface area contributed by atoms with E-state index in [0.29, 0.717) is 5.92 Å². The summed E-state index contributed by atoms with van der Waals surface area (Å²) >= 11 is 0. The van der Waals surface area contributed by atoms with Gasteiger partial charge < -0.3 is 9.72 Å². The Bertz CT molecular complexity index is 577. The number of imidazole rings is 1. The molecule has 1 unspecified atom stereocenters. The molecule has 1 heterocycles. The van der Waals surface area contributed by atoms with Crippen molar-refractivity contribution in [1.29, 1.82) is 0 Å². The molecule has 3 heteroatoms. The highest BCUT2D eigenvalue weighted by atomic mass is 16.5. The zero-order chi connectivity index (χ0) is 19.2. The second-order valence-corrected chi connectivity index (χ2v) is 7.72. The van der Waals surface area contributed by atoms with Crippen LogP contribution in [0.4, 0.5) is 0 Å². The monoisotopic (exact) mass is 370 g/mol. The molecule has 1 N–H and O–H groups in total. The van der Waals surface area contributed by atoms with Crippen molar-refractivity contribution in [3.63, 3.8) is 0 Å². The Hall–Kier alpha value is -1.77. The van der Waals surface area contributed by atoms with E-state index >= 15 is 0 Å². The molecule has 0 bridgehead atoms. The topological polar surface area (TPSA) is 37.9 Å². The number of nitrogens with one attached hydrogen (secondary N) is 1. The minimum Gasteiger partial charge on any atom is -0.494 e. The predicted octanol–water partition coefficient (Wildman–Crippen LogP) is 7.06. The van der Waals surface area contributed by atoms with E-state index in [1.165, 1.54) is 69.8 Å². The van der Waals surface area contributed by atoms with E-state index in [-0.39, 0.29) is 0 Å². The average Bonchev–Trinajstić information content (AvgIpc) is 3.21. The Kier molecular flexibility index (Phi) is 10.7. The summed E-state index contributed by atoms with van der Waals surface area (Å²) in [5.41, 5.74) is 1.42. The first-order valence-corrected chi connectivity index (χ1v) is 11.0. The third-order valence-corrected chi connectivity index (χ3v) is 5.32. The van der Waals surface area contributed by atoms with Gasteiger partial charge in [-0.15, -0.1) is 0 Å². The lowest BCUT2D eigenvalue weighted by atomic mass is 9.95. The quantitative estimate of drug-likeness (QED) is 0.341. The zero-order valence-corrected chi connectivity index (χ0v) is 17.4. The number of hydrogen-bond acceptors (Lipinski definition) is 2. The summed E-state index contributed by atoms with van der Waals surface area (Å²) in [5, 5.41) is 0. The van der Waals surface area contributed by atoms with Crippen LogP contribution < -0.4 is 4.74 Å². The maximum Gasteiger partial charge on any atom is 0.119 e. The molecule has 27 heavy (non-hydrogen) atoms. The fourth-order valence-corrected chi connectivity index (χ4v) is 3.49. The summed E-state index contributed by atoms with van der Waals surface area (Å²) in [6.45, 7) is 5.44. The van der Waals surface area contributed by atoms with Crippen molar-refractivity contribution in [2.45, 2.75) is 90.4 Å². The number of rotatable bonds is 15. The molecule has 1 aromatic heterocycles. The van der Waals surface area contributed by atoms with Gasteiger partial charge in [0.1, 0.15) is 11.6 Å². The van der Waals surface area contributed by atoms with Crippen LogP contribution in [0.2, 0.25) is 0 Å². The molecular weight excluding hydrogens is 332 g/mol. The maximum absolute atomic E-state index is 5.89. The highest BCUT2D eigenvalue weighted by Gasteiger charge is 2.06. The third-order valence-electron chi connectivity index (χ3n) is 5.32. The van der Waals surface area contributed by atoms with Gasteiger partial charge in [-0.25, -0.2) is 4.98 Å². The van der Waals surface area contributed by atoms with E-state index in [0.717, 1.165) is 24.6 Å². The summed E-state index contributed by atoms with van der Waals surface area (Å²) < 4.78 is 5.89. The molecule has 3 nitrogen and oxygen atoms in total. The van der Waals surface area contributed by atoms with Crippen LogP contribution in [0.1, 0.15) is 95.4 Å². The van der Waals surface area contributed by atoms with Crippen LogP contribution >= 0.6 is 0 Å². The molecule has 0 spiro atoms. The van der Waals surface area contributed by atoms with Crippen molar-refractivity contribution < 1.29 is 4.74 Å². The van der Waals surface area contributed by atoms with E-state index in [9.17, 15) is 0 Å². The molecular formula is C24H38N2O. The van der Waals surface area contributed by atoms with Crippen LogP contribution in [-0.2, 0) is 6.42 Å². The first-order valence-electron chi connectivity index (χ1n) is 11.0. The number of ether oxygens (including phenoxy) is 1. The molecule has 0 saturated heterocycles. The van der Waals surface area contributed by atoms with Crippen LogP contribution in [0, 0.1) is 0 Å². The molecule has 2 rings (SSSR count). The number of nitrogens with zero attached hydrogens (tertiary/aromatic N) is 1. The second-order valence-electron chi connectivity index (χ2n) is 7.72. The number of benzene rings is 1. The Balaban J connectivity index is 1.55. The van der Waals surface area contributed by atoms with Crippen LogP contribution in [0.3, 0.4) is 0 Å². The van der Waals surface area contributed by atoms with Crippen molar-refractivity contribution in [3.8, 4) is 5.75 Å². The van der Waals surface area contributed by atoms with Gasteiger partial charge in [0.25, 0.3) is 0 Å². The van der Waals surface area contributed by atoms with Crippen molar-refractivity contribution in [2.75, 3.05) is 6.61 Å². The summed E-state index contributed by atoms with van der Waals surface area (Å²) in [6.07, 6.45) is 17.6. The second kappa shape index (κ2) is 13.4. The summed E-state index contributed by atoms with van der Waals surface area (Å²) in [4.78, 5) is 7.45. The molecule has 0 aliphatic carbocycles. The highest BCUT2D eigenvalue weighted by Crippen LogP contribution is 2.24. The van der Waals surface area contributed by atoms with Gasteiger partial charge in [0.2, 0.25) is 0 Å². The molecule has 0 aliphatic heterocycles. The highest BCUT2D eigenvalue weighted by molar-refractivity contribution is 5.29. The molecule has 1 aromatic carbocycles. The maximum atomic E-state index is 5.89. The smallest absolute Gasteiger partial charge is 0.119 e. The number of aromatic nitrogens is 2. The Labute approximate surface area is 166 Å². The molecule has 150 valence electrons. The van der Waals surface area contributed by atoms with Gasteiger partial charge in [-0.05, 0) is 42.9 Å². The van der Waals surface area contributed by atoms with Crippen molar-refractivity contribution in [3.05, 3.63) is 48.0 Å². The van der Waals surface area contributed by atoms with E-state index in [2.05, 4.69) is 48.1 Å². The van der Waals surface area contributed by atoms with Crippen LogP contribution in [0.15, 0.2) is 36.7 Å². The summed E-state index contributed by atoms with van der Waals surface area (Å²) in [6, 6.07) is 8.76. The van der Waals surface area contributed by atoms with Gasteiger partial charge in [0, 0.05) is 18.8 Å². The fraction of sp³-hybridized carbons (Fsp3) is 0.625. The van der Waals surface area contributed by atoms with Gasteiger partial charge in [-0.1, -0.05) is 70.9 Å². The number of hydrogen-bond donors (Lipinski definition) is 1. The normalized spacial score (nSPS) is 12.2. The summed E-state index contributed by atoms with van der Waals surface area (Å²) in [5.74, 6) is 2.73. The first-order chi connectivity index (χ1) is 13.3. The van der Waals surface area contributed by atoms with E-state index < -0.39 is 0 Å². The summed E-state index contributed by atoms with van der Waals surface area (Å²) in [7, 11) is 0. The zero-order valence-electron chi connectivity index (χ0n) is 17.4. The predicted molar refractivity (Wildman–Crippen MR) is 114 cm³/mol. The fourth-order valence-electron chi connectivity index (χ4n) is 3.49. The molecule has 0 fully saturated rings. The van der Waals surface area contributed by atoms with Gasteiger partial charge in [-0.2, -0.15) is 0 Å². The minimum atomic E-state index is 0.612. The number of H-pyrrole nitrogens is 1. The largest absolute Gasteiger partial charge is 0.494 e. The lowest BCUT2D eigenvalue weighted by Gasteiger charge is -2.13. The van der Waals surface area contributed by atoms with Crippen LogP contribution in [0.25, 0.3) is 0 Å². The van der Waals surface area contributed by atoms with Crippen LogP contribution in [-0.4, -0.2) is 16.6 Å². The Morgan fingerprint density at radius 2 is 1.67 bits per heavy atom. The Morgan fingerprint density at radius 1 is 0.926 bits per heavy atom. The molecule has 0 radical (unpaired) electrons. The number of aromatic amines is 1. The molecule has 2 aromatic rings. The van der Waals surface area contributed by atoms with E-state index in [4.69, 9.17) is 4.74 Å². The standard InChI is InChI=1S/C24H38N2O/c1-3-4-5-6-7-11-20-27-23-16-14-22(15-17-23)21(2)12-9-8-10-13-24-25-18-19-26-24/h14-19,21H,3-13,20H2,1-2H3,(H,25,26). The van der Waals surface area contributed by atoms with Gasteiger partial charge >= 0.3 is 0 Å². The lowest BCUT2D eigenvalue weighted by Crippen LogP contribution is -1.98. The SMILES string of the molecule is CCCCCCCCOc1ccc(C(C)CCCCCc2ncc[nH]2)cc1. The molecule has 1 atom stereocenters. The Morgan fingerprint density at radius 3 is 2.41 bits per heavy atom. The average molecular weight is 371 g/mol. The van der Waals surface area contributed by atoms with Gasteiger partial charge in [0.15, 0.2) is 0 Å². The van der Waals surface area contributed by atoms with Gasteiger partial charge in [0.05, 0.1) is 6.61 Å². The van der Waals surface area contributed by atoms with E-state index in [1.54, 1.807) is 0 Å². The van der Waals surface area contributed by atoms with Crippen LogP contribution in [0.5, 0.6) is 5.75 Å². The molecule has 0 saturated carbocycles. The van der Waals surface area contributed by atoms with Gasteiger partial charge in [-0.3, -0.25) is 0 Å². The number of aryl methyl sites for hydroxylation is 1. The number of unbranched alkanes of at least 4 members (excludes halogenated alkanes) is 7. The van der Waals surface area contributed by atoms with E-state index in [1.807, 2.05) is 12.4 Å². The van der Waals surface area contributed by atoms with Crippen molar-refractivity contribution >= 4 is 0 Å². The minimum absolute atomic E-state index is 0.612. The van der Waals surface area contributed by atoms with Crippen molar-refractivity contribution in [1.82, 2.24) is 9.97 Å². The first kappa shape index (κ1) is 21.5. The van der Waals surface area contributed by atoms with Crippen molar-refractivity contribution in [2.24, 2.45) is 0 Å². The molecule has 0 amide bonds. The lowest BCUT2D eigenvalue weighted by molar-refractivity contribution is 0.304. The molecule has 0 aliphatic rings. The third kappa shape index (κ3) is 9.12.